The highest BCUT2D eigenvalue weighted by Crippen LogP contribution is 2.21. The lowest BCUT2D eigenvalue weighted by atomic mass is 10.1. The van der Waals surface area contributed by atoms with Crippen molar-refractivity contribution in [2.24, 2.45) is 5.14 Å². The van der Waals surface area contributed by atoms with E-state index in [9.17, 15) is 13.2 Å². The number of hydrogen-bond donors (Lipinski definition) is 2. The second kappa shape index (κ2) is 6.42. The molecule has 3 N–H and O–H groups in total. The van der Waals surface area contributed by atoms with Gasteiger partial charge in [0.25, 0.3) is 0 Å². The monoisotopic (exact) mass is 313 g/mol. The molecule has 1 atom stereocenters. The molecule has 2 rings (SSSR count). The van der Waals surface area contributed by atoms with E-state index in [-0.39, 0.29) is 10.9 Å². The first kappa shape index (κ1) is 15.7. The summed E-state index contributed by atoms with van der Waals surface area (Å²) in [6.07, 6.45) is 0. The molecular formula is C13H19N3O4S. The summed E-state index contributed by atoms with van der Waals surface area (Å²) >= 11 is 0. The lowest BCUT2D eigenvalue weighted by Crippen LogP contribution is -2.55. The summed E-state index contributed by atoms with van der Waals surface area (Å²) in [5, 5.41) is 8.23. The maximum Gasteiger partial charge on any atom is 0.330 e. The Balaban J connectivity index is 2.23. The number of benzene rings is 1. The van der Waals surface area contributed by atoms with E-state index in [1.165, 1.54) is 12.1 Å². The normalized spacial score (nSPS) is 19.3. The average molecular weight is 313 g/mol. The standard InChI is InChI=1S/C13H19N3O4S/c1-2-20-13(17)12-9-15-7-8-16(12)10-3-5-11(6-4-10)21(14,18)19/h3-6,12,15H,2,7-9H2,1H3,(H2,14,18,19). The van der Waals surface area contributed by atoms with Gasteiger partial charge >= 0.3 is 5.97 Å². The van der Waals surface area contributed by atoms with E-state index in [1.54, 1.807) is 19.1 Å². The molecular weight excluding hydrogens is 294 g/mol. The van der Waals surface area contributed by atoms with Crippen molar-refractivity contribution < 1.29 is 17.9 Å². The molecule has 1 saturated heterocycles. The second-order valence-electron chi connectivity index (χ2n) is 4.70. The molecule has 1 aromatic carbocycles. The number of primary sulfonamides is 1. The molecule has 1 unspecified atom stereocenters. The van der Waals surface area contributed by atoms with Crippen molar-refractivity contribution in [2.45, 2.75) is 17.9 Å². The Morgan fingerprint density at radius 3 is 2.67 bits per heavy atom. The SMILES string of the molecule is CCOC(=O)C1CNCCN1c1ccc(S(N)(=O)=O)cc1. The van der Waals surface area contributed by atoms with Crippen LogP contribution in [0, 0.1) is 0 Å². The van der Waals surface area contributed by atoms with Crippen LogP contribution in [0.2, 0.25) is 0 Å². The highest BCUT2D eigenvalue weighted by molar-refractivity contribution is 7.89. The summed E-state index contributed by atoms with van der Waals surface area (Å²) in [4.78, 5) is 13.9. The third kappa shape index (κ3) is 3.72. The smallest absolute Gasteiger partial charge is 0.330 e. The van der Waals surface area contributed by atoms with Crippen LogP contribution in [-0.4, -0.2) is 46.7 Å². The van der Waals surface area contributed by atoms with E-state index < -0.39 is 16.1 Å². The van der Waals surface area contributed by atoms with E-state index in [2.05, 4.69) is 5.32 Å². The zero-order chi connectivity index (χ0) is 15.5. The van der Waals surface area contributed by atoms with Crippen molar-refractivity contribution in [1.82, 2.24) is 5.32 Å². The summed E-state index contributed by atoms with van der Waals surface area (Å²) in [5.74, 6) is -0.291. The second-order valence-corrected chi connectivity index (χ2v) is 6.27. The fourth-order valence-electron chi connectivity index (χ4n) is 2.29. The van der Waals surface area contributed by atoms with Crippen LogP contribution in [0.4, 0.5) is 5.69 Å². The van der Waals surface area contributed by atoms with Gasteiger partial charge < -0.3 is 15.0 Å². The van der Waals surface area contributed by atoms with Crippen LogP contribution in [0.1, 0.15) is 6.92 Å². The van der Waals surface area contributed by atoms with Gasteiger partial charge in [-0.1, -0.05) is 0 Å². The Labute approximate surface area is 124 Å². The molecule has 0 aromatic heterocycles. The lowest BCUT2D eigenvalue weighted by Gasteiger charge is -2.36. The molecule has 116 valence electrons. The molecule has 1 fully saturated rings. The molecule has 0 spiro atoms. The minimum Gasteiger partial charge on any atom is -0.464 e. The quantitative estimate of drug-likeness (QED) is 0.738. The summed E-state index contributed by atoms with van der Waals surface area (Å²) in [7, 11) is -3.71. The van der Waals surface area contributed by atoms with Gasteiger partial charge in [0.15, 0.2) is 0 Å². The molecule has 1 aliphatic rings. The average Bonchev–Trinajstić information content (AvgIpc) is 2.47. The number of anilines is 1. The molecule has 0 saturated carbocycles. The van der Waals surface area contributed by atoms with Gasteiger partial charge in [0, 0.05) is 25.3 Å². The lowest BCUT2D eigenvalue weighted by molar-refractivity contribution is -0.144. The predicted octanol–water partition coefficient (Wildman–Crippen LogP) is -0.325. The molecule has 0 aliphatic carbocycles. The van der Waals surface area contributed by atoms with Gasteiger partial charge in [-0.3, -0.25) is 0 Å². The predicted molar refractivity (Wildman–Crippen MR) is 78.5 cm³/mol. The molecule has 0 amide bonds. The number of esters is 1. The summed E-state index contributed by atoms with van der Waals surface area (Å²) in [5.41, 5.74) is 0.766. The van der Waals surface area contributed by atoms with Gasteiger partial charge in [-0.25, -0.2) is 18.4 Å². The first-order valence-corrected chi connectivity index (χ1v) is 8.25. The number of sulfonamides is 1. The molecule has 21 heavy (non-hydrogen) atoms. The van der Waals surface area contributed by atoms with Gasteiger partial charge in [-0.2, -0.15) is 0 Å². The zero-order valence-electron chi connectivity index (χ0n) is 11.8. The maximum absolute atomic E-state index is 12.0. The Morgan fingerprint density at radius 2 is 2.10 bits per heavy atom. The van der Waals surface area contributed by atoms with Crippen LogP contribution < -0.4 is 15.4 Å². The largest absolute Gasteiger partial charge is 0.464 e. The molecule has 1 aromatic rings. The number of carbonyl (C=O) groups excluding carboxylic acids is 1. The first-order valence-electron chi connectivity index (χ1n) is 6.70. The topological polar surface area (TPSA) is 102 Å². The van der Waals surface area contributed by atoms with Gasteiger partial charge in [-0.15, -0.1) is 0 Å². The minimum absolute atomic E-state index is 0.0501. The molecule has 1 aliphatic heterocycles. The highest BCUT2D eigenvalue weighted by Gasteiger charge is 2.30. The summed E-state index contributed by atoms with van der Waals surface area (Å²) in [6, 6.07) is 5.76. The van der Waals surface area contributed by atoms with E-state index in [4.69, 9.17) is 9.88 Å². The van der Waals surface area contributed by atoms with E-state index in [0.717, 1.165) is 12.2 Å². The number of hydrogen-bond acceptors (Lipinski definition) is 6. The molecule has 0 bridgehead atoms. The summed E-state index contributed by atoms with van der Waals surface area (Å²) < 4.78 is 27.6. The van der Waals surface area contributed by atoms with Crippen LogP contribution in [0.15, 0.2) is 29.2 Å². The van der Waals surface area contributed by atoms with Gasteiger partial charge in [-0.05, 0) is 31.2 Å². The van der Waals surface area contributed by atoms with Crippen LogP contribution in [0.25, 0.3) is 0 Å². The fourth-order valence-corrected chi connectivity index (χ4v) is 2.81. The van der Waals surface area contributed by atoms with Crippen molar-refractivity contribution in [3.8, 4) is 0 Å². The Morgan fingerprint density at radius 1 is 1.43 bits per heavy atom. The number of nitrogens with two attached hydrogens (primary N) is 1. The number of nitrogens with one attached hydrogen (secondary N) is 1. The van der Waals surface area contributed by atoms with Crippen LogP contribution in [-0.2, 0) is 19.6 Å². The van der Waals surface area contributed by atoms with E-state index >= 15 is 0 Å². The zero-order valence-corrected chi connectivity index (χ0v) is 12.6. The van der Waals surface area contributed by atoms with Crippen molar-refractivity contribution in [3.05, 3.63) is 24.3 Å². The number of rotatable bonds is 4. The van der Waals surface area contributed by atoms with Crippen molar-refractivity contribution in [3.63, 3.8) is 0 Å². The number of nitrogens with zero attached hydrogens (tertiary/aromatic N) is 1. The fraction of sp³-hybridized carbons (Fsp3) is 0.462. The molecule has 7 nitrogen and oxygen atoms in total. The molecule has 1 heterocycles. The van der Waals surface area contributed by atoms with Crippen molar-refractivity contribution >= 4 is 21.7 Å². The number of piperazine rings is 1. The van der Waals surface area contributed by atoms with Crippen molar-refractivity contribution in [2.75, 3.05) is 31.1 Å². The first-order chi connectivity index (χ1) is 9.93. The van der Waals surface area contributed by atoms with E-state index in [1.807, 2.05) is 4.90 Å². The van der Waals surface area contributed by atoms with Crippen LogP contribution in [0.5, 0.6) is 0 Å². The van der Waals surface area contributed by atoms with Crippen molar-refractivity contribution in [1.29, 1.82) is 0 Å². The molecule has 8 heteroatoms. The third-order valence-electron chi connectivity index (χ3n) is 3.30. The van der Waals surface area contributed by atoms with Gasteiger partial charge in [0.2, 0.25) is 10.0 Å². The van der Waals surface area contributed by atoms with E-state index in [0.29, 0.717) is 19.7 Å². The maximum atomic E-state index is 12.0. The minimum atomic E-state index is -3.71. The van der Waals surface area contributed by atoms with Crippen LogP contribution in [0.3, 0.4) is 0 Å². The highest BCUT2D eigenvalue weighted by atomic mass is 32.2. The van der Waals surface area contributed by atoms with Crippen LogP contribution >= 0.6 is 0 Å². The molecule has 0 radical (unpaired) electrons. The number of ether oxygens (including phenoxy) is 1. The Hall–Kier alpha value is -1.64. The number of carbonyl (C=O) groups is 1. The summed E-state index contributed by atoms with van der Waals surface area (Å²) in [6.45, 7) is 3.97. The Kier molecular flexibility index (Phi) is 4.81. The Bertz CT molecular complexity index is 600. The van der Waals surface area contributed by atoms with Gasteiger partial charge in [0.1, 0.15) is 6.04 Å². The third-order valence-corrected chi connectivity index (χ3v) is 4.23. The van der Waals surface area contributed by atoms with Gasteiger partial charge in [0.05, 0.1) is 11.5 Å².